The van der Waals surface area contributed by atoms with Crippen molar-refractivity contribution in [3.8, 4) is 40.0 Å². The first-order valence-electron chi connectivity index (χ1n) is 11.8. The Kier molecular flexibility index (Phi) is 6.63. The standard InChI is InChI=1S/C28H24FN7O3/c1-15(2)27(37)34-18-8-5-16(6-9-18)24-22(23-25(30)32-14-33-26(23)36(24)3)17-7-10-20(19(29)13-17)39-28-31-12-11-21(35-28)38-4/h5-14H,1H2,2-4H3,(H,34,37)(H2,30,32,33). The molecule has 0 saturated heterocycles. The van der Waals surface area contributed by atoms with Crippen LogP contribution >= 0.6 is 0 Å². The van der Waals surface area contributed by atoms with Gasteiger partial charge >= 0.3 is 6.01 Å². The van der Waals surface area contributed by atoms with E-state index in [2.05, 4.69) is 31.8 Å². The number of methoxy groups -OCH3 is 1. The number of halogens is 1. The molecule has 0 aliphatic rings. The first-order chi connectivity index (χ1) is 18.8. The molecule has 0 spiro atoms. The maximum absolute atomic E-state index is 15.4. The van der Waals surface area contributed by atoms with Crippen molar-refractivity contribution in [3.63, 3.8) is 0 Å². The highest BCUT2D eigenvalue weighted by atomic mass is 19.1. The molecular formula is C28H24FN7O3. The van der Waals surface area contributed by atoms with Crippen LogP contribution in [0.2, 0.25) is 0 Å². The molecule has 3 aromatic heterocycles. The summed E-state index contributed by atoms with van der Waals surface area (Å²) in [6.07, 6.45) is 2.83. The van der Waals surface area contributed by atoms with Gasteiger partial charge in [-0.05, 0) is 42.3 Å². The molecular weight excluding hydrogens is 501 g/mol. The summed E-state index contributed by atoms with van der Waals surface area (Å²) < 4.78 is 27.9. The van der Waals surface area contributed by atoms with Gasteiger partial charge in [-0.25, -0.2) is 19.3 Å². The average molecular weight is 526 g/mol. The van der Waals surface area contributed by atoms with Crippen molar-refractivity contribution >= 4 is 28.4 Å². The number of nitrogens with two attached hydrogens (primary N) is 1. The zero-order valence-corrected chi connectivity index (χ0v) is 21.4. The first-order valence-corrected chi connectivity index (χ1v) is 11.8. The lowest BCUT2D eigenvalue weighted by atomic mass is 9.98. The Hall–Kier alpha value is -5.32. The van der Waals surface area contributed by atoms with Gasteiger partial charge in [-0.15, -0.1) is 0 Å². The van der Waals surface area contributed by atoms with Gasteiger partial charge < -0.3 is 25.1 Å². The van der Waals surface area contributed by atoms with Gasteiger partial charge in [-0.2, -0.15) is 4.98 Å². The summed E-state index contributed by atoms with van der Waals surface area (Å²) in [6, 6.07) is 13.3. The van der Waals surface area contributed by atoms with Gasteiger partial charge in [0.2, 0.25) is 5.88 Å². The average Bonchev–Trinajstić information content (AvgIpc) is 3.23. The Bertz CT molecular complexity index is 1730. The number of hydrogen-bond acceptors (Lipinski definition) is 8. The third-order valence-electron chi connectivity index (χ3n) is 6.04. The maximum Gasteiger partial charge on any atom is 0.325 e. The van der Waals surface area contributed by atoms with Crippen LogP contribution in [0.5, 0.6) is 17.6 Å². The molecule has 2 aromatic carbocycles. The number of hydrogen-bond donors (Lipinski definition) is 2. The molecule has 39 heavy (non-hydrogen) atoms. The smallest absolute Gasteiger partial charge is 0.325 e. The number of benzene rings is 2. The lowest BCUT2D eigenvalue weighted by molar-refractivity contribution is -0.112. The fourth-order valence-corrected chi connectivity index (χ4v) is 4.17. The van der Waals surface area contributed by atoms with E-state index in [4.69, 9.17) is 15.2 Å². The van der Waals surface area contributed by atoms with Gasteiger partial charge in [0.25, 0.3) is 5.91 Å². The SMILES string of the molecule is C=C(C)C(=O)Nc1ccc(-c2c(-c3ccc(Oc4nccc(OC)n4)c(F)c3)c3c(N)ncnc3n2C)cc1. The summed E-state index contributed by atoms with van der Waals surface area (Å²) in [4.78, 5) is 28.7. The van der Waals surface area contributed by atoms with Crippen molar-refractivity contribution in [2.45, 2.75) is 6.92 Å². The van der Waals surface area contributed by atoms with Crippen LogP contribution in [-0.4, -0.2) is 37.5 Å². The molecule has 0 saturated carbocycles. The maximum atomic E-state index is 15.4. The van der Waals surface area contributed by atoms with E-state index in [-0.39, 0.29) is 29.4 Å². The minimum atomic E-state index is -0.629. The molecule has 0 aliphatic carbocycles. The van der Waals surface area contributed by atoms with E-state index in [0.29, 0.717) is 33.4 Å². The van der Waals surface area contributed by atoms with Crippen LogP contribution in [0.3, 0.4) is 0 Å². The predicted octanol–water partition coefficient (Wildman–Crippen LogP) is 5.13. The summed E-state index contributed by atoms with van der Waals surface area (Å²) in [7, 11) is 3.31. The predicted molar refractivity (Wildman–Crippen MR) is 146 cm³/mol. The number of anilines is 2. The normalized spacial score (nSPS) is 10.9. The number of fused-ring (bicyclic) bond motifs is 1. The number of nitrogens with one attached hydrogen (secondary N) is 1. The molecule has 0 radical (unpaired) electrons. The number of nitrogens with zero attached hydrogens (tertiary/aromatic N) is 5. The van der Waals surface area contributed by atoms with Crippen LogP contribution in [0.25, 0.3) is 33.4 Å². The highest BCUT2D eigenvalue weighted by molar-refractivity contribution is 6.08. The first kappa shape index (κ1) is 25.3. The van der Waals surface area contributed by atoms with E-state index >= 15 is 4.39 Å². The molecule has 0 atom stereocenters. The Morgan fingerprint density at radius 3 is 2.51 bits per heavy atom. The van der Waals surface area contributed by atoms with Crippen LogP contribution < -0.4 is 20.5 Å². The fourth-order valence-electron chi connectivity index (χ4n) is 4.17. The van der Waals surface area contributed by atoms with Crippen LogP contribution in [0.1, 0.15) is 6.92 Å². The monoisotopic (exact) mass is 525 g/mol. The molecule has 0 fully saturated rings. The van der Waals surface area contributed by atoms with Crippen LogP contribution in [-0.2, 0) is 11.8 Å². The number of carbonyl (C=O) groups excluding carboxylic acids is 1. The highest BCUT2D eigenvalue weighted by Gasteiger charge is 2.23. The highest BCUT2D eigenvalue weighted by Crippen LogP contribution is 2.42. The summed E-state index contributed by atoms with van der Waals surface area (Å²) >= 11 is 0. The number of carbonyl (C=O) groups is 1. The lowest BCUT2D eigenvalue weighted by Gasteiger charge is -2.12. The Balaban J connectivity index is 1.60. The quantitative estimate of drug-likeness (QED) is 0.280. The Morgan fingerprint density at radius 1 is 1.08 bits per heavy atom. The second kappa shape index (κ2) is 10.2. The van der Waals surface area contributed by atoms with E-state index in [1.807, 2.05) is 23.7 Å². The minimum Gasteiger partial charge on any atom is -0.481 e. The van der Waals surface area contributed by atoms with Crippen LogP contribution in [0.15, 0.2) is 73.2 Å². The lowest BCUT2D eigenvalue weighted by Crippen LogP contribution is -2.11. The number of rotatable bonds is 7. The Morgan fingerprint density at radius 2 is 1.82 bits per heavy atom. The fraction of sp³-hybridized carbons (Fsp3) is 0.107. The van der Waals surface area contributed by atoms with Crippen molar-refractivity contribution in [2.75, 3.05) is 18.2 Å². The zero-order valence-electron chi connectivity index (χ0n) is 21.4. The zero-order chi connectivity index (χ0) is 27.7. The van der Waals surface area contributed by atoms with Crippen molar-refractivity contribution < 1.29 is 18.7 Å². The van der Waals surface area contributed by atoms with Gasteiger partial charge in [0.1, 0.15) is 17.8 Å². The molecule has 1 amide bonds. The summed E-state index contributed by atoms with van der Waals surface area (Å²) in [5, 5.41) is 3.37. The molecule has 196 valence electrons. The van der Waals surface area contributed by atoms with E-state index < -0.39 is 5.82 Å². The van der Waals surface area contributed by atoms with Gasteiger partial charge in [-0.3, -0.25) is 4.79 Å². The van der Waals surface area contributed by atoms with E-state index in [1.165, 1.54) is 31.8 Å². The van der Waals surface area contributed by atoms with Gasteiger partial charge in [-0.1, -0.05) is 24.8 Å². The number of aromatic nitrogens is 5. The topological polar surface area (TPSA) is 130 Å². The third-order valence-corrected chi connectivity index (χ3v) is 6.04. The molecule has 11 heteroatoms. The molecule has 3 heterocycles. The molecule has 0 unspecified atom stereocenters. The van der Waals surface area contributed by atoms with Crippen molar-refractivity contribution in [3.05, 3.63) is 79.0 Å². The summed E-state index contributed by atoms with van der Waals surface area (Å²) in [5.74, 6) is -0.412. The van der Waals surface area contributed by atoms with Gasteiger partial charge in [0, 0.05) is 36.1 Å². The summed E-state index contributed by atoms with van der Waals surface area (Å²) in [6.45, 7) is 5.29. The number of ether oxygens (including phenoxy) is 2. The van der Waals surface area contributed by atoms with E-state index in [1.54, 1.807) is 31.2 Å². The summed E-state index contributed by atoms with van der Waals surface area (Å²) in [5.41, 5.74) is 10.6. The molecule has 5 aromatic rings. The largest absolute Gasteiger partial charge is 0.481 e. The second-order valence-electron chi connectivity index (χ2n) is 8.68. The third kappa shape index (κ3) is 4.85. The molecule has 3 N–H and O–H groups in total. The van der Waals surface area contributed by atoms with Crippen LogP contribution in [0.4, 0.5) is 15.9 Å². The number of nitrogen functional groups attached to an aromatic ring is 1. The van der Waals surface area contributed by atoms with Gasteiger partial charge in [0.05, 0.1) is 18.2 Å². The molecule has 10 nitrogen and oxygen atoms in total. The van der Waals surface area contributed by atoms with Crippen molar-refractivity contribution in [1.82, 2.24) is 24.5 Å². The molecule has 5 rings (SSSR count). The van der Waals surface area contributed by atoms with E-state index in [0.717, 1.165) is 11.3 Å². The number of aryl methyl sites for hydroxylation is 1. The second-order valence-corrected chi connectivity index (χ2v) is 8.68. The van der Waals surface area contributed by atoms with E-state index in [9.17, 15) is 4.79 Å². The molecule has 0 aliphatic heterocycles. The molecule has 0 bridgehead atoms. The van der Waals surface area contributed by atoms with Gasteiger partial charge in [0.15, 0.2) is 11.6 Å². The minimum absolute atomic E-state index is 0.0525. The van der Waals surface area contributed by atoms with Crippen LogP contribution in [0, 0.1) is 5.82 Å². The Labute approximate surface area is 223 Å². The van der Waals surface area contributed by atoms with Crippen molar-refractivity contribution in [1.29, 1.82) is 0 Å². The van der Waals surface area contributed by atoms with Crippen molar-refractivity contribution in [2.24, 2.45) is 7.05 Å². The number of amides is 1.